The summed E-state index contributed by atoms with van der Waals surface area (Å²) >= 11 is 1.68. The number of thiazole rings is 1. The van der Waals surface area contributed by atoms with Crippen molar-refractivity contribution in [3.8, 4) is 0 Å². The summed E-state index contributed by atoms with van der Waals surface area (Å²) in [7, 11) is 0. The number of fused-ring (bicyclic) bond motifs is 1. The van der Waals surface area contributed by atoms with Crippen LogP contribution in [0.4, 0.5) is 5.82 Å². The molecule has 1 N–H and O–H groups in total. The van der Waals surface area contributed by atoms with Crippen LogP contribution in [0.5, 0.6) is 0 Å². The normalized spacial score (nSPS) is 18.5. The molecule has 3 heterocycles. The second-order valence-corrected chi connectivity index (χ2v) is 8.45. The molecule has 7 heteroatoms. The maximum Gasteiger partial charge on any atom is 0.229 e. The van der Waals surface area contributed by atoms with E-state index in [1.807, 2.05) is 48.7 Å². The van der Waals surface area contributed by atoms with E-state index in [0.717, 1.165) is 27.3 Å². The summed E-state index contributed by atoms with van der Waals surface area (Å²) in [6.07, 6.45) is 9.40. The number of hydrogen-bond donors (Lipinski definition) is 1. The number of anilines is 1. The molecule has 0 saturated carbocycles. The van der Waals surface area contributed by atoms with Crippen molar-refractivity contribution in [1.29, 1.82) is 0 Å². The minimum absolute atomic E-state index is 0.00769. The fourth-order valence-electron chi connectivity index (χ4n) is 3.82. The first kappa shape index (κ1) is 18.7. The minimum atomic E-state index is -0.156. The van der Waals surface area contributed by atoms with Crippen molar-refractivity contribution >= 4 is 33.3 Å². The summed E-state index contributed by atoms with van der Waals surface area (Å²) < 4.78 is 2.94. The van der Waals surface area contributed by atoms with Gasteiger partial charge in [0.05, 0.1) is 33.4 Å². The van der Waals surface area contributed by atoms with Gasteiger partial charge in [0, 0.05) is 24.4 Å². The highest BCUT2D eigenvalue weighted by Gasteiger charge is 2.32. The van der Waals surface area contributed by atoms with Gasteiger partial charge >= 0.3 is 0 Å². The lowest BCUT2D eigenvalue weighted by Crippen LogP contribution is -2.29. The molecule has 5 rings (SSSR count). The number of carbonyl (C=O) groups is 1. The van der Waals surface area contributed by atoms with Crippen molar-refractivity contribution in [3.05, 3.63) is 83.8 Å². The number of para-hydroxylation sites is 1. The smallest absolute Gasteiger partial charge is 0.229 e. The molecule has 0 bridgehead atoms. The molecule has 0 spiro atoms. The number of carbonyl (C=O) groups excluding carboxylic acids is 1. The Kier molecular flexibility index (Phi) is 5.11. The van der Waals surface area contributed by atoms with E-state index in [1.165, 1.54) is 0 Å². The van der Waals surface area contributed by atoms with Gasteiger partial charge in [-0.15, -0.1) is 11.3 Å². The first-order chi connectivity index (χ1) is 14.8. The molecule has 1 aliphatic rings. The van der Waals surface area contributed by atoms with Gasteiger partial charge in [-0.25, -0.2) is 4.98 Å². The Morgan fingerprint density at radius 1 is 1.10 bits per heavy atom. The van der Waals surface area contributed by atoms with Crippen molar-refractivity contribution in [2.45, 2.75) is 25.3 Å². The topological polar surface area (TPSA) is 72.7 Å². The summed E-state index contributed by atoms with van der Waals surface area (Å²) in [6, 6.07) is 15.7. The fourth-order valence-corrected chi connectivity index (χ4v) is 4.96. The molecule has 2 atom stereocenters. The summed E-state index contributed by atoms with van der Waals surface area (Å²) in [6.45, 7) is 0.567. The molecule has 2 unspecified atom stereocenters. The zero-order valence-electron chi connectivity index (χ0n) is 16.3. The quantitative estimate of drug-likeness (QED) is 0.483. The Labute approximate surface area is 178 Å². The van der Waals surface area contributed by atoms with Crippen LogP contribution in [0.3, 0.4) is 0 Å². The number of nitrogens with one attached hydrogen (secondary N) is 1. The molecule has 0 saturated heterocycles. The van der Waals surface area contributed by atoms with Crippen LogP contribution in [0.25, 0.3) is 10.2 Å². The van der Waals surface area contributed by atoms with E-state index in [-0.39, 0.29) is 17.7 Å². The number of benzene rings is 1. The molecule has 0 fully saturated rings. The predicted molar refractivity (Wildman–Crippen MR) is 118 cm³/mol. The van der Waals surface area contributed by atoms with E-state index in [0.29, 0.717) is 18.8 Å². The number of amides is 1. The molecule has 1 aliphatic carbocycles. The molecule has 0 aliphatic heterocycles. The molecule has 4 aromatic rings. The Bertz CT molecular complexity index is 1160. The molecule has 0 radical (unpaired) electrons. The molecule has 1 aromatic carbocycles. The first-order valence-corrected chi connectivity index (χ1v) is 10.8. The van der Waals surface area contributed by atoms with Crippen LogP contribution in [-0.4, -0.2) is 25.7 Å². The van der Waals surface area contributed by atoms with Crippen molar-refractivity contribution in [2.24, 2.45) is 5.92 Å². The Morgan fingerprint density at radius 2 is 1.97 bits per heavy atom. The molecule has 3 aromatic heterocycles. The van der Waals surface area contributed by atoms with Crippen LogP contribution in [0.2, 0.25) is 0 Å². The summed E-state index contributed by atoms with van der Waals surface area (Å²) in [5, 5.41) is 8.52. The zero-order chi connectivity index (χ0) is 20.3. The van der Waals surface area contributed by atoms with Crippen LogP contribution >= 0.6 is 11.3 Å². The van der Waals surface area contributed by atoms with Gasteiger partial charge in [0.15, 0.2) is 5.82 Å². The second-order valence-electron chi connectivity index (χ2n) is 7.38. The van der Waals surface area contributed by atoms with Gasteiger partial charge in [-0.3, -0.25) is 14.5 Å². The number of hydrogen-bond acceptors (Lipinski definition) is 5. The number of pyridine rings is 1. The van der Waals surface area contributed by atoms with E-state index in [2.05, 4.69) is 33.6 Å². The van der Waals surface area contributed by atoms with E-state index < -0.39 is 0 Å². The third-order valence-electron chi connectivity index (χ3n) is 5.34. The average Bonchev–Trinajstić information content (AvgIpc) is 3.41. The van der Waals surface area contributed by atoms with Crippen molar-refractivity contribution in [2.75, 3.05) is 5.32 Å². The van der Waals surface area contributed by atoms with E-state index >= 15 is 0 Å². The number of aromatic nitrogens is 4. The van der Waals surface area contributed by atoms with E-state index in [4.69, 9.17) is 4.98 Å². The Morgan fingerprint density at radius 3 is 2.83 bits per heavy atom. The summed E-state index contributed by atoms with van der Waals surface area (Å²) in [4.78, 5) is 22.2. The second kappa shape index (κ2) is 8.20. The van der Waals surface area contributed by atoms with Gasteiger partial charge in [0.25, 0.3) is 0 Å². The van der Waals surface area contributed by atoms with Crippen LogP contribution in [0.1, 0.15) is 29.5 Å². The lowest BCUT2D eigenvalue weighted by Gasteiger charge is -2.25. The number of allylic oxidation sites excluding steroid dienone is 2. The van der Waals surface area contributed by atoms with E-state index in [9.17, 15) is 4.79 Å². The zero-order valence-corrected chi connectivity index (χ0v) is 17.1. The highest BCUT2D eigenvalue weighted by Crippen LogP contribution is 2.38. The first-order valence-electron chi connectivity index (χ1n) is 10.0. The molecule has 1 amide bonds. The highest BCUT2D eigenvalue weighted by atomic mass is 32.1. The summed E-state index contributed by atoms with van der Waals surface area (Å²) in [5.74, 6) is 0.486. The number of nitrogens with zero attached hydrogens (tertiary/aromatic N) is 4. The summed E-state index contributed by atoms with van der Waals surface area (Å²) in [5.41, 5.74) is 1.92. The SMILES string of the molecule is O=C(Nc1ccn(Cc2ccccn2)n1)C1CC=CCC1c1nc2ccccc2s1. The maximum absolute atomic E-state index is 13.1. The van der Waals surface area contributed by atoms with Crippen LogP contribution in [-0.2, 0) is 11.3 Å². The molecule has 30 heavy (non-hydrogen) atoms. The lowest BCUT2D eigenvalue weighted by atomic mass is 9.82. The average molecular weight is 416 g/mol. The van der Waals surface area contributed by atoms with Crippen LogP contribution < -0.4 is 5.32 Å². The molecular weight excluding hydrogens is 394 g/mol. The van der Waals surface area contributed by atoms with Gasteiger partial charge in [-0.1, -0.05) is 30.4 Å². The van der Waals surface area contributed by atoms with Gasteiger partial charge in [0.1, 0.15) is 0 Å². The predicted octanol–water partition coefficient (Wildman–Crippen LogP) is 4.62. The van der Waals surface area contributed by atoms with Gasteiger partial charge < -0.3 is 5.32 Å². The van der Waals surface area contributed by atoms with Gasteiger partial charge in [-0.2, -0.15) is 5.10 Å². The maximum atomic E-state index is 13.1. The standard InChI is InChI=1S/C23H21N5OS/c29-22(26-21-12-14-28(27-21)15-16-7-5-6-13-24-16)17-8-1-2-9-18(17)23-25-19-10-3-4-11-20(19)30-23/h1-7,10-14,17-18H,8-9,15H2,(H,26,27,29). The number of rotatable bonds is 5. The Hall–Kier alpha value is -3.32. The third kappa shape index (κ3) is 3.89. The van der Waals surface area contributed by atoms with Gasteiger partial charge in [-0.05, 0) is 37.1 Å². The van der Waals surface area contributed by atoms with Crippen molar-refractivity contribution in [1.82, 2.24) is 19.7 Å². The van der Waals surface area contributed by atoms with Crippen molar-refractivity contribution < 1.29 is 4.79 Å². The van der Waals surface area contributed by atoms with Crippen LogP contribution in [0.15, 0.2) is 73.1 Å². The van der Waals surface area contributed by atoms with Crippen molar-refractivity contribution in [3.63, 3.8) is 0 Å². The van der Waals surface area contributed by atoms with Gasteiger partial charge in [0.2, 0.25) is 5.91 Å². The third-order valence-corrected chi connectivity index (χ3v) is 6.51. The molecule has 6 nitrogen and oxygen atoms in total. The Balaban J connectivity index is 1.31. The monoisotopic (exact) mass is 415 g/mol. The molecular formula is C23H21N5OS. The minimum Gasteiger partial charge on any atom is -0.309 e. The highest BCUT2D eigenvalue weighted by molar-refractivity contribution is 7.18. The molecule has 150 valence electrons. The van der Waals surface area contributed by atoms with E-state index in [1.54, 1.807) is 22.2 Å². The largest absolute Gasteiger partial charge is 0.309 e. The van der Waals surface area contributed by atoms with Crippen LogP contribution in [0, 0.1) is 5.92 Å². The lowest BCUT2D eigenvalue weighted by molar-refractivity contribution is -0.120. The fraction of sp³-hybridized carbons (Fsp3) is 0.217.